The minimum Gasteiger partial charge on any atom is -0.350 e. The fourth-order valence-corrected chi connectivity index (χ4v) is 4.43. The summed E-state index contributed by atoms with van der Waals surface area (Å²) in [7, 11) is 0. The van der Waals surface area contributed by atoms with E-state index in [1.54, 1.807) is 6.07 Å². The molecule has 1 saturated heterocycles. The molecule has 1 aliphatic heterocycles. The first kappa shape index (κ1) is 16.8. The summed E-state index contributed by atoms with van der Waals surface area (Å²) < 4.78 is 1.42. The summed E-state index contributed by atoms with van der Waals surface area (Å²) in [6, 6.07) is 13.2. The monoisotopic (exact) mass is 368 g/mol. The highest BCUT2D eigenvalue weighted by molar-refractivity contribution is 7.20. The number of rotatable bonds is 4. The molecule has 0 spiro atoms. The molecule has 1 aromatic carbocycles. The number of benzene rings is 1. The molecule has 1 fully saturated rings. The van der Waals surface area contributed by atoms with Crippen molar-refractivity contribution < 1.29 is 4.79 Å². The third-order valence-electron chi connectivity index (χ3n) is 4.61. The lowest BCUT2D eigenvalue weighted by Gasteiger charge is -2.22. The molecule has 134 valence electrons. The van der Waals surface area contributed by atoms with Crippen molar-refractivity contribution in [1.82, 2.24) is 14.9 Å². The molecule has 1 aliphatic rings. The first-order chi connectivity index (χ1) is 12.6. The van der Waals surface area contributed by atoms with Gasteiger partial charge >= 0.3 is 0 Å². The molecule has 3 heterocycles. The zero-order valence-corrected chi connectivity index (χ0v) is 15.3. The maximum Gasteiger partial charge on any atom is 0.272 e. The van der Waals surface area contributed by atoms with Gasteiger partial charge in [-0.3, -0.25) is 9.59 Å². The summed E-state index contributed by atoms with van der Waals surface area (Å²) >= 11 is 1.46. The van der Waals surface area contributed by atoms with Gasteiger partial charge in [0.25, 0.3) is 5.56 Å². The highest BCUT2D eigenvalue weighted by atomic mass is 32.1. The van der Waals surface area contributed by atoms with Crippen LogP contribution in [-0.2, 0) is 11.3 Å². The number of anilines is 1. The van der Waals surface area contributed by atoms with Crippen molar-refractivity contribution in [3.05, 3.63) is 63.9 Å². The molecule has 26 heavy (non-hydrogen) atoms. The van der Waals surface area contributed by atoms with Crippen LogP contribution in [0.4, 0.5) is 5.13 Å². The largest absolute Gasteiger partial charge is 0.350 e. The van der Waals surface area contributed by atoms with E-state index in [9.17, 15) is 9.59 Å². The molecular weight excluding hydrogens is 348 g/mol. The Morgan fingerprint density at radius 1 is 1.31 bits per heavy atom. The van der Waals surface area contributed by atoms with Crippen molar-refractivity contribution in [2.45, 2.75) is 32.4 Å². The molecule has 1 atom stereocenters. The second kappa shape index (κ2) is 6.92. The predicted octanol–water partition coefficient (Wildman–Crippen LogP) is 2.35. The Labute approximate surface area is 155 Å². The summed E-state index contributed by atoms with van der Waals surface area (Å²) in [5, 5.41) is 8.20. The third kappa shape index (κ3) is 3.22. The summed E-state index contributed by atoms with van der Waals surface area (Å²) in [5.74, 6) is 0.00846. The number of fused-ring (bicyclic) bond motifs is 1. The molecule has 0 aliphatic carbocycles. The second-order valence-corrected chi connectivity index (χ2v) is 7.55. The van der Waals surface area contributed by atoms with Crippen LogP contribution in [0.3, 0.4) is 0 Å². The van der Waals surface area contributed by atoms with Gasteiger partial charge in [0.15, 0.2) is 0 Å². The van der Waals surface area contributed by atoms with Crippen molar-refractivity contribution in [3.63, 3.8) is 0 Å². The molecule has 3 aromatic rings. The van der Waals surface area contributed by atoms with Crippen molar-refractivity contribution in [1.29, 1.82) is 0 Å². The summed E-state index contributed by atoms with van der Waals surface area (Å²) in [4.78, 5) is 27.6. The Hall–Kier alpha value is -2.67. The molecule has 0 radical (unpaired) electrons. The Bertz CT molecular complexity index is 996. The van der Waals surface area contributed by atoms with E-state index in [-0.39, 0.29) is 17.5 Å². The summed E-state index contributed by atoms with van der Waals surface area (Å²) in [6.07, 6.45) is 1.73. The number of aryl methyl sites for hydroxylation is 1. The number of pyridine rings is 1. The summed E-state index contributed by atoms with van der Waals surface area (Å²) in [5.41, 5.74) is 1.86. The van der Waals surface area contributed by atoms with E-state index >= 15 is 0 Å². The van der Waals surface area contributed by atoms with Crippen molar-refractivity contribution in [2.24, 2.45) is 0 Å². The second-order valence-electron chi connectivity index (χ2n) is 6.56. The number of hydrogen-bond donors (Lipinski definition) is 1. The Kier molecular flexibility index (Phi) is 4.46. The Morgan fingerprint density at radius 3 is 2.92 bits per heavy atom. The Morgan fingerprint density at radius 2 is 2.12 bits per heavy atom. The molecule has 1 amide bonds. The van der Waals surface area contributed by atoms with E-state index in [1.807, 2.05) is 48.2 Å². The van der Waals surface area contributed by atoms with Crippen LogP contribution in [0.25, 0.3) is 4.83 Å². The smallest absolute Gasteiger partial charge is 0.272 e. The molecule has 2 aromatic heterocycles. The standard InChI is InChI=1S/C19H20N4O2S/c1-13-10-16(24)23-17(11-13)26-19(21-23)22-9-5-8-15(22)18(25)20-12-14-6-3-2-4-7-14/h2-4,6-7,10-11,15H,5,8-9,12H2,1H3,(H,20,25)/t15-/m1/s1. The predicted molar refractivity (Wildman–Crippen MR) is 103 cm³/mol. The van der Waals surface area contributed by atoms with Crippen LogP contribution in [0.15, 0.2) is 47.3 Å². The maximum absolute atomic E-state index is 12.7. The molecule has 1 N–H and O–H groups in total. The van der Waals surface area contributed by atoms with E-state index in [0.717, 1.165) is 40.5 Å². The molecule has 6 nitrogen and oxygen atoms in total. The van der Waals surface area contributed by atoms with Crippen LogP contribution in [0.2, 0.25) is 0 Å². The van der Waals surface area contributed by atoms with Crippen LogP contribution < -0.4 is 15.8 Å². The molecule has 4 rings (SSSR count). The van der Waals surface area contributed by atoms with Crippen molar-refractivity contribution in [3.8, 4) is 0 Å². The van der Waals surface area contributed by atoms with Crippen molar-refractivity contribution in [2.75, 3.05) is 11.4 Å². The minimum atomic E-state index is -0.240. The molecule has 0 unspecified atom stereocenters. The van der Waals surface area contributed by atoms with Gasteiger partial charge < -0.3 is 10.2 Å². The fourth-order valence-electron chi connectivity index (χ4n) is 3.32. The normalized spacial score (nSPS) is 17.0. The molecular formula is C19H20N4O2S. The lowest BCUT2D eigenvalue weighted by molar-refractivity contribution is -0.122. The van der Waals surface area contributed by atoms with Gasteiger partial charge in [0.05, 0.1) is 0 Å². The zero-order valence-electron chi connectivity index (χ0n) is 14.5. The maximum atomic E-state index is 12.7. The number of carbonyl (C=O) groups excluding carboxylic acids is 1. The molecule has 7 heteroatoms. The number of amides is 1. The third-order valence-corrected chi connectivity index (χ3v) is 5.61. The minimum absolute atomic E-state index is 0.00846. The molecule has 0 bridgehead atoms. The highest BCUT2D eigenvalue weighted by Gasteiger charge is 2.32. The van der Waals surface area contributed by atoms with Gasteiger partial charge in [-0.2, -0.15) is 4.52 Å². The first-order valence-corrected chi connectivity index (χ1v) is 9.52. The van der Waals surface area contributed by atoms with E-state index in [2.05, 4.69) is 10.4 Å². The number of aromatic nitrogens is 2. The average Bonchev–Trinajstić information content (AvgIpc) is 3.27. The van der Waals surface area contributed by atoms with Crippen LogP contribution in [0, 0.1) is 6.92 Å². The van der Waals surface area contributed by atoms with Crippen LogP contribution in [0.1, 0.15) is 24.0 Å². The average molecular weight is 368 g/mol. The van der Waals surface area contributed by atoms with Gasteiger partial charge in [0, 0.05) is 19.2 Å². The van der Waals surface area contributed by atoms with Gasteiger partial charge in [-0.05, 0) is 37.0 Å². The fraction of sp³-hybridized carbons (Fsp3) is 0.316. The number of nitrogens with zero attached hydrogens (tertiary/aromatic N) is 3. The molecule has 0 saturated carbocycles. The van der Waals surface area contributed by atoms with Gasteiger partial charge in [-0.15, -0.1) is 5.10 Å². The van der Waals surface area contributed by atoms with Crippen LogP contribution >= 0.6 is 11.3 Å². The van der Waals surface area contributed by atoms with E-state index < -0.39 is 0 Å². The highest BCUT2D eigenvalue weighted by Crippen LogP contribution is 2.29. The SMILES string of the molecule is Cc1cc(=O)n2nc(N3CCC[C@@H]3C(=O)NCc3ccccc3)sc2c1. The quantitative estimate of drug-likeness (QED) is 0.768. The Balaban J connectivity index is 1.54. The summed E-state index contributed by atoms with van der Waals surface area (Å²) in [6.45, 7) is 3.19. The first-order valence-electron chi connectivity index (χ1n) is 8.70. The number of hydrogen-bond acceptors (Lipinski definition) is 5. The zero-order chi connectivity index (χ0) is 18.1. The van der Waals surface area contributed by atoms with Gasteiger partial charge in [0.2, 0.25) is 11.0 Å². The van der Waals surface area contributed by atoms with Gasteiger partial charge in [-0.1, -0.05) is 41.7 Å². The van der Waals surface area contributed by atoms with Crippen molar-refractivity contribution >= 4 is 27.2 Å². The van der Waals surface area contributed by atoms with Crippen LogP contribution in [0.5, 0.6) is 0 Å². The van der Waals surface area contributed by atoms with Crippen LogP contribution in [-0.4, -0.2) is 28.1 Å². The topological polar surface area (TPSA) is 66.7 Å². The van der Waals surface area contributed by atoms with Gasteiger partial charge in [0.1, 0.15) is 10.9 Å². The number of carbonyl (C=O) groups is 1. The van der Waals surface area contributed by atoms with E-state index in [0.29, 0.717) is 6.54 Å². The van der Waals surface area contributed by atoms with E-state index in [4.69, 9.17) is 0 Å². The lowest BCUT2D eigenvalue weighted by atomic mass is 10.2. The lowest BCUT2D eigenvalue weighted by Crippen LogP contribution is -2.43. The van der Waals surface area contributed by atoms with Gasteiger partial charge in [-0.25, -0.2) is 0 Å². The van der Waals surface area contributed by atoms with E-state index in [1.165, 1.54) is 15.9 Å². The number of nitrogens with one attached hydrogen (secondary N) is 1.